The van der Waals surface area contributed by atoms with E-state index < -0.39 is 12.0 Å². The molecule has 0 aliphatic carbocycles. The Morgan fingerprint density at radius 1 is 1.05 bits per heavy atom. The number of nitrogens with one attached hydrogen (secondary N) is 2. The molecule has 0 unspecified atom stereocenters. The van der Waals surface area contributed by atoms with Crippen molar-refractivity contribution in [3.8, 4) is 0 Å². The molecule has 110 valence electrons. The Kier molecular flexibility index (Phi) is 9.48. The van der Waals surface area contributed by atoms with Gasteiger partial charge in [-0.25, -0.2) is 4.79 Å². The van der Waals surface area contributed by atoms with Crippen molar-refractivity contribution in [1.82, 2.24) is 10.6 Å². The van der Waals surface area contributed by atoms with E-state index in [0.717, 1.165) is 12.8 Å². The highest BCUT2D eigenvalue weighted by atomic mass is 16.4. The van der Waals surface area contributed by atoms with E-state index in [-0.39, 0.29) is 24.7 Å². The third-order valence-electron chi connectivity index (χ3n) is 2.66. The molecule has 19 heavy (non-hydrogen) atoms. The fourth-order valence-corrected chi connectivity index (χ4v) is 1.63. The summed E-state index contributed by atoms with van der Waals surface area (Å²) in [4.78, 5) is 33.6. The van der Waals surface area contributed by atoms with E-state index >= 15 is 0 Å². The minimum Gasteiger partial charge on any atom is -0.480 e. The van der Waals surface area contributed by atoms with Crippen LogP contribution in [0.2, 0.25) is 0 Å². The summed E-state index contributed by atoms with van der Waals surface area (Å²) in [5.74, 6) is -1.41. The second-order valence-corrected chi connectivity index (χ2v) is 4.41. The Morgan fingerprint density at radius 3 is 2.21 bits per heavy atom. The van der Waals surface area contributed by atoms with Gasteiger partial charge >= 0.3 is 5.97 Å². The van der Waals surface area contributed by atoms with Crippen molar-refractivity contribution in [2.24, 2.45) is 0 Å². The van der Waals surface area contributed by atoms with Gasteiger partial charge in [-0.15, -0.1) is 0 Å². The smallest absolute Gasteiger partial charge is 0.326 e. The van der Waals surface area contributed by atoms with E-state index in [1.807, 2.05) is 13.8 Å². The van der Waals surface area contributed by atoms with Crippen LogP contribution in [0.1, 0.15) is 52.4 Å². The molecule has 0 bridgehead atoms. The van der Waals surface area contributed by atoms with Crippen LogP contribution in [0.3, 0.4) is 0 Å². The Labute approximate surface area is 113 Å². The van der Waals surface area contributed by atoms with Crippen LogP contribution in [0.25, 0.3) is 0 Å². The van der Waals surface area contributed by atoms with Crippen LogP contribution in [-0.4, -0.2) is 35.5 Å². The number of hydrogen-bond donors (Lipinski definition) is 3. The van der Waals surface area contributed by atoms with E-state index in [0.29, 0.717) is 19.4 Å². The van der Waals surface area contributed by atoms with Gasteiger partial charge in [-0.3, -0.25) is 9.59 Å². The third-order valence-corrected chi connectivity index (χ3v) is 2.66. The van der Waals surface area contributed by atoms with Gasteiger partial charge in [-0.05, 0) is 19.8 Å². The zero-order valence-electron chi connectivity index (χ0n) is 11.7. The average molecular weight is 272 g/mol. The minimum atomic E-state index is -1.01. The Bertz CT molecular complexity index is 305. The molecule has 1 atom stereocenters. The summed E-state index contributed by atoms with van der Waals surface area (Å²) in [5.41, 5.74) is 0. The average Bonchev–Trinajstić information content (AvgIpc) is 2.34. The fourth-order valence-electron chi connectivity index (χ4n) is 1.63. The second kappa shape index (κ2) is 10.3. The topological polar surface area (TPSA) is 95.5 Å². The van der Waals surface area contributed by atoms with E-state index in [4.69, 9.17) is 5.11 Å². The summed E-state index contributed by atoms with van der Waals surface area (Å²) in [6.07, 6.45) is 2.97. The minimum absolute atomic E-state index is 0.0870. The molecular weight excluding hydrogens is 248 g/mol. The van der Waals surface area contributed by atoms with Gasteiger partial charge in [0.2, 0.25) is 11.8 Å². The van der Waals surface area contributed by atoms with Gasteiger partial charge in [0.1, 0.15) is 6.04 Å². The molecular formula is C13H24N2O4. The van der Waals surface area contributed by atoms with Crippen molar-refractivity contribution in [2.75, 3.05) is 6.54 Å². The van der Waals surface area contributed by atoms with Crippen molar-refractivity contribution in [1.29, 1.82) is 0 Å². The molecule has 0 aromatic carbocycles. The van der Waals surface area contributed by atoms with Gasteiger partial charge in [-0.2, -0.15) is 0 Å². The molecule has 0 fully saturated rings. The van der Waals surface area contributed by atoms with Gasteiger partial charge in [0.25, 0.3) is 0 Å². The number of aliphatic carboxylic acids is 1. The largest absolute Gasteiger partial charge is 0.480 e. The number of hydrogen-bond acceptors (Lipinski definition) is 3. The number of carbonyl (C=O) groups excluding carboxylic acids is 2. The van der Waals surface area contributed by atoms with Gasteiger partial charge in [0.05, 0.1) is 0 Å². The van der Waals surface area contributed by atoms with E-state index in [1.165, 1.54) is 0 Å². The maximum absolute atomic E-state index is 11.6. The third kappa shape index (κ3) is 9.04. The molecule has 0 saturated heterocycles. The quantitative estimate of drug-likeness (QED) is 0.554. The van der Waals surface area contributed by atoms with Crippen molar-refractivity contribution >= 4 is 17.8 Å². The molecule has 0 saturated carbocycles. The monoisotopic (exact) mass is 272 g/mol. The lowest BCUT2D eigenvalue weighted by atomic mass is 10.1. The molecule has 0 aliphatic rings. The standard InChI is InChI=1S/C13H24N2O4/c1-3-5-7-10(13(18)19)15-12(17)9-6-8-11(16)14-4-2/h10H,3-9H2,1-2H3,(H,14,16)(H,15,17)(H,18,19)/t10-/m0/s1. The lowest BCUT2D eigenvalue weighted by Gasteiger charge is -2.13. The molecule has 6 heteroatoms. The summed E-state index contributed by atoms with van der Waals surface area (Å²) >= 11 is 0. The van der Waals surface area contributed by atoms with Crippen LogP contribution in [0.5, 0.6) is 0 Å². The van der Waals surface area contributed by atoms with Gasteiger partial charge < -0.3 is 15.7 Å². The molecule has 0 aromatic heterocycles. The first-order chi connectivity index (χ1) is 9.01. The number of amides is 2. The summed E-state index contributed by atoms with van der Waals surface area (Å²) in [5, 5.41) is 14.1. The molecule has 6 nitrogen and oxygen atoms in total. The van der Waals surface area contributed by atoms with Gasteiger partial charge in [0.15, 0.2) is 0 Å². The van der Waals surface area contributed by atoms with Crippen molar-refractivity contribution in [3.05, 3.63) is 0 Å². The van der Waals surface area contributed by atoms with Crippen LogP contribution < -0.4 is 10.6 Å². The van der Waals surface area contributed by atoms with Crippen LogP contribution in [0, 0.1) is 0 Å². The lowest BCUT2D eigenvalue weighted by molar-refractivity contribution is -0.142. The summed E-state index contributed by atoms with van der Waals surface area (Å²) in [6.45, 7) is 4.37. The van der Waals surface area contributed by atoms with Crippen LogP contribution >= 0.6 is 0 Å². The molecule has 2 amide bonds. The summed E-state index contributed by atoms with van der Waals surface area (Å²) < 4.78 is 0. The zero-order chi connectivity index (χ0) is 14.7. The first-order valence-corrected chi connectivity index (χ1v) is 6.80. The first kappa shape index (κ1) is 17.4. The summed E-state index contributed by atoms with van der Waals surface area (Å²) in [7, 11) is 0. The molecule has 0 rings (SSSR count). The fraction of sp³-hybridized carbons (Fsp3) is 0.769. The maximum Gasteiger partial charge on any atom is 0.326 e. The SMILES string of the molecule is CCCC[C@H](NC(=O)CCCC(=O)NCC)C(=O)O. The van der Waals surface area contributed by atoms with E-state index in [2.05, 4.69) is 10.6 Å². The van der Waals surface area contributed by atoms with Gasteiger partial charge in [0, 0.05) is 19.4 Å². The second-order valence-electron chi connectivity index (χ2n) is 4.41. The van der Waals surface area contributed by atoms with Crippen LogP contribution in [0.4, 0.5) is 0 Å². The number of carboxylic acids is 1. The molecule has 0 radical (unpaired) electrons. The Balaban J connectivity index is 3.93. The molecule has 0 aliphatic heterocycles. The van der Waals surface area contributed by atoms with E-state index in [1.54, 1.807) is 0 Å². The van der Waals surface area contributed by atoms with Crippen molar-refractivity contribution < 1.29 is 19.5 Å². The lowest BCUT2D eigenvalue weighted by Crippen LogP contribution is -2.40. The Hall–Kier alpha value is -1.59. The highest BCUT2D eigenvalue weighted by molar-refractivity contribution is 5.84. The van der Waals surface area contributed by atoms with E-state index in [9.17, 15) is 14.4 Å². The number of carbonyl (C=O) groups is 3. The van der Waals surface area contributed by atoms with Crippen LogP contribution in [-0.2, 0) is 14.4 Å². The highest BCUT2D eigenvalue weighted by Gasteiger charge is 2.18. The zero-order valence-corrected chi connectivity index (χ0v) is 11.7. The number of carboxylic acid groups (broad SMARTS) is 1. The van der Waals surface area contributed by atoms with Crippen molar-refractivity contribution in [2.45, 2.75) is 58.4 Å². The highest BCUT2D eigenvalue weighted by Crippen LogP contribution is 2.02. The van der Waals surface area contributed by atoms with Gasteiger partial charge in [-0.1, -0.05) is 19.8 Å². The Morgan fingerprint density at radius 2 is 1.68 bits per heavy atom. The predicted octanol–water partition coefficient (Wildman–Crippen LogP) is 1.05. The van der Waals surface area contributed by atoms with Crippen molar-refractivity contribution in [3.63, 3.8) is 0 Å². The molecule has 0 spiro atoms. The molecule has 0 heterocycles. The normalized spacial score (nSPS) is 11.7. The first-order valence-electron chi connectivity index (χ1n) is 6.80. The predicted molar refractivity (Wildman–Crippen MR) is 71.6 cm³/mol. The number of rotatable bonds is 10. The van der Waals surface area contributed by atoms with Crippen LogP contribution in [0.15, 0.2) is 0 Å². The number of unbranched alkanes of at least 4 members (excludes halogenated alkanes) is 1. The molecule has 3 N–H and O–H groups in total. The maximum atomic E-state index is 11.6. The molecule has 0 aromatic rings. The summed E-state index contributed by atoms with van der Waals surface area (Å²) in [6, 6.07) is -0.822.